The lowest BCUT2D eigenvalue weighted by Gasteiger charge is -2.09. The second kappa shape index (κ2) is 7.98. The number of unbranched alkanes of at least 4 members (excludes halogenated alkanes) is 1. The van der Waals surface area contributed by atoms with Crippen LogP contribution in [0, 0.1) is 0 Å². The molecule has 0 aliphatic heterocycles. The molecule has 0 aromatic heterocycles. The summed E-state index contributed by atoms with van der Waals surface area (Å²) in [7, 11) is 1.56. The third kappa shape index (κ3) is 7.78. The number of methoxy groups -OCH3 is 1. The molecule has 68 valence electrons. The largest absolute Gasteiger partial charge is 0.388 e. The van der Waals surface area contributed by atoms with Crippen molar-refractivity contribution in [3.63, 3.8) is 0 Å². The SMILES string of the molecule is CCCCOC[C@@H](O)COC. The van der Waals surface area contributed by atoms with Crippen LogP contribution in [0.25, 0.3) is 0 Å². The number of ether oxygens (including phenoxy) is 2. The minimum atomic E-state index is -0.475. The minimum Gasteiger partial charge on any atom is -0.388 e. The van der Waals surface area contributed by atoms with Crippen molar-refractivity contribution in [2.24, 2.45) is 0 Å². The average Bonchev–Trinajstić information content (AvgIpc) is 1.99. The van der Waals surface area contributed by atoms with Crippen LogP contribution in [0.1, 0.15) is 19.8 Å². The Morgan fingerprint density at radius 3 is 2.64 bits per heavy atom. The van der Waals surface area contributed by atoms with Gasteiger partial charge in [0.2, 0.25) is 0 Å². The van der Waals surface area contributed by atoms with Gasteiger partial charge in [-0.3, -0.25) is 0 Å². The molecule has 0 spiro atoms. The van der Waals surface area contributed by atoms with Crippen LogP contribution in [-0.4, -0.2) is 38.1 Å². The molecule has 0 aliphatic rings. The number of hydrogen-bond acceptors (Lipinski definition) is 3. The molecule has 0 bridgehead atoms. The fourth-order valence-corrected chi connectivity index (χ4v) is 0.706. The van der Waals surface area contributed by atoms with Crippen LogP contribution in [0.15, 0.2) is 0 Å². The maximum atomic E-state index is 9.10. The average molecular weight is 162 g/mol. The first kappa shape index (κ1) is 10.9. The Bertz CT molecular complexity index is 75.7. The lowest BCUT2D eigenvalue weighted by molar-refractivity contribution is -0.00658. The lowest BCUT2D eigenvalue weighted by atomic mass is 10.3. The highest BCUT2D eigenvalue weighted by atomic mass is 16.5. The molecule has 11 heavy (non-hydrogen) atoms. The van der Waals surface area contributed by atoms with E-state index in [2.05, 4.69) is 6.92 Å². The first-order valence-electron chi connectivity index (χ1n) is 4.06. The van der Waals surface area contributed by atoms with Crippen LogP contribution in [0.2, 0.25) is 0 Å². The van der Waals surface area contributed by atoms with Gasteiger partial charge in [-0.1, -0.05) is 13.3 Å². The first-order chi connectivity index (χ1) is 5.31. The van der Waals surface area contributed by atoms with E-state index in [0.29, 0.717) is 13.2 Å². The van der Waals surface area contributed by atoms with Crippen LogP contribution < -0.4 is 0 Å². The molecule has 3 heteroatoms. The maximum absolute atomic E-state index is 9.10. The van der Waals surface area contributed by atoms with Crippen molar-refractivity contribution in [3.8, 4) is 0 Å². The maximum Gasteiger partial charge on any atom is 0.101 e. The van der Waals surface area contributed by atoms with E-state index >= 15 is 0 Å². The van der Waals surface area contributed by atoms with Gasteiger partial charge in [-0.05, 0) is 6.42 Å². The summed E-state index contributed by atoms with van der Waals surface area (Å²) in [5.41, 5.74) is 0. The highest BCUT2D eigenvalue weighted by Gasteiger charge is 2.01. The Labute approximate surface area is 68.3 Å². The Balaban J connectivity index is 2.97. The second-order valence-corrected chi connectivity index (χ2v) is 2.54. The number of hydrogen-bond donors (Lipinski definition) is 1. The van der Waals surface area contributed by atoms with Crippen molar-refractivity contribution in [1.29, 1.82) is 0 Å². The zero-order chi connectivity index (χ0) is 8.53. The van der Waals surface area contributed by atoms with E-state index in [4.69, 9.17) is 14.6 Å². The molecule has 0 amide bonds. The summed E-state index contributed by atoms with van der Waals surface area (Å²) in [4.78, 5) is 0. The Kier molecular flexibility index (Phi) is 7.89. The van der Waals surface area contributed by atoms with Gasteiger partial charge in [-0.25, -0.2) is 0 Å². The summed E-state index contributed by atoms with van der Waals surface area (Å²) < 4.78 is 9.89. The van der Waals surface area contributed by atoms with E-state index in [-0.39, 0.29) is 0 Å². The van der Waals surface area contributed by atoms with Crippen LogP contribution >= 0.6 is 0 Å². The van der Waals surface area contributed by atoms with Gasteiger partial charge in [0.05, 0.1) is 13.2 Å². The van der Waals surface area contributed by atoms with Gasteiger partial charge in [-0.15, -0.1) is 0 Å². The number of aliphatic hydroxyl groups is 1. The smallest absolute Gasteiger partial charge is 0.101 e. The van der Waals surface area contributed by atoms with Crippen LogP contribution in [0.5, 0.6) is 0 Å². The van der Waals surface area contributed by atoms with E-state index in [1.54, 1.807) is 7.11 Å². The molecule has 1 atom stereocenters. The lowest BCUT2D eigenvalue weighted by Crippen LogP contribution is -2.21. The Hall–Kier alpha value is -0.120. The van der Waals surface area contributed by atoms with E-state index in [9.17, 15) is 0 Å². The van der Waals surface area contributed by atoms with Gasteiger partial charge in [0.1, 0.15) is 6.10 Å². The minimum absolute atomic E-state index is 0.353. The molecule has 0 fully saturated rings. The molecular formula is C8H18O3. The molecular weight excluding hydrogens is 144 g/mol. The van der Waals surface area contributed by atoms with Crippen LogP contribution in [-0.2, 0) is 9.47 Å². The molecule has 0 saturated heterocycles. The third-order valence-corrected chi connectivity index (χ3v) is 1.31. The number of rotatable bonds is 7. The quantitative estimate of drug-likeness (QED) is 0.563. The highest BCUT2D eigenvalue weighted by molar-refractivity contribution is 4.49. The summed E-state index contributed by atoms with van der Waals surface area (Å²) >= 11 is 0. The van der Waals surface area contributed by atoms with Gasteiger partial charge in [0, 0.05) is 13.7 Å². The summed E-state index contributed by atoms with van der Waals surface area (Å²) in [5, 5.41) is 9.10. The zero-order valence-corrected chi connectivity index (χ0v) is 7.38. The fraction of sp³-hybridized carbons (Fsp3) is 1.00. The van der Waals surface area contributed by atoms with Crippen molar-refractivity contribution in [3.05, 3.63) is 0 Å². The van der Waals surface area contributed by atoms with E-state index < -0.39 is 6.10 Å². The van der Waals surface area contributed by atoms with Crippen molar-refractivity contribution >= 4 is 0 Å². The summed E-state index contributed by atoms with van der Waals surface area (Å²) in [6.07, 6.45) is 1.71. The van der Waals surface area contributed by atoms with E-state index in [1.165, 1.54) is 0 Å². The van der Waals surface area contributed by atoms with Gasteiger partial charge in [-0.2, -0.15) is 0 Å². The monoisotopic (exact) mass is 162 g/mol. The second-order valence-electron chi connectivity index (χ2n) is 2.54. The van der Waals surface area contributed by atoms with Gasteiger partial charge in [0.15, 0.2) is 0 Å². The normalized spacial score (nSPS) is 13.4. The van der Waals surface area contributed by atoms with Crippen molar-refractivity contribution in [2.45, 2.75) is 25.9 Å². The predicted octanol–water partition coefficient (Wildman–Crippen LogP) is 0.810. The zero-order valence-electron chi connectivity index (χ0n) is 7.38. The Morgan fingerprint density at radius 2 is 2.09 bits per heavy atom. The standard InChI is InChI=1S/C8H18O3/c1-3-4-5-11-7-8(9)6-10-2/h8-9H,3-7H2,1-2H3/t8-/m0/s1. The van der Waals surface area contributed by atoms with E-state index in [0.717, 1.165) is 19.4 Å². The van der Waals surface area contributed by atoms with Gasteiger partial charge < -0.3 is 14.6 Å². The molecule has 0 saturated carbocycles. The number of aliphatic hydroxyl groups excluding tert-OH is 1. The molecule has 0 rings (SSSR count). The summed E-state index contributed by atoms with van der Waals surface area (Å²) in [5.74, 6) is 0. The molecule has 0 unspecified atom stereocenters. The molecule has 0 radical (unpaired) electrons. The van der Waals surface area contributed by atoms with Crippen molar-refractivity contribution in [2.75, 3.05) is 26.9 Å². The van der Waals surface area contributed by atoms with Gasteiger partial charge in [0.25, 0.3) is 0 Å². The molecule has 1 N–H and O–H groups in total. The first-order valence-corrected chi connectivity index (χ1v) is 4.06. The Morgan fingerprint density at radius 1 is 1.36 bits per heavy atom. The molecule has 0 aliphatic carbocycles. The topological polar surface area (TPSA) is 38.7 Å². The molecule has 0 aromatic carbocycles. The molecule has 0 aromatic rings. The highest BCUT2D eigenvalue weighted by Crippen LogP contribution is 1.90. The van der Waals surface area contributed by atoms with Crippen molar-refractivity contribution in [1.82, 2.24) is 0 Å². The third-order valence-electron chi connectivity index (χ3n) is 1.31. The van der Waals surface area contributed by atoms with Crippen LogP contribution in [0.4, 0.5) is 0 Å². The van der Waals surface area contributed by atoms with E-state index in [1.807, 2.05) is 0 Å². The predicted molar refractivity (Wildman–Crippen MR) is 43.6 cm³/mol. The summed E-state index contributed by atoms with van der Waals surface area (Å²) in [6, 6.07) is 0. The molecule has 0 heterocycles. The van der Waals surface area contributed by atoms with Crippen LogP contribution in [0.3, 0.4) is 0 Å². The van der Waals surface area contributed by atoms with Gasteiger partial charge >= 0.3 is 0 Å². The summed E-state index contributed by atoms with van der Waals surface area (Å²) in [6.45, 7) is 3.58. The fourth-order valence-electron chi connectivity index (χ4n) is 0.706. The van der Waals surface area contributed by atoms with Crippen molar-refractivity contribution < 1.29 is 14.6 Å². The molecule has 3 nitrogen and oxygen atoms in total.